The Balaban J connectivity index is 1.75. The van der Waals surface area contributed by atoms with Gasteiger partial charge in [0, 0.05) is 24.5 Å². The Morgan fingerprint density at radius 3 is 2.78 bits per heavy atom. The van der Waals surface area contributed by atoms with Crippen LogP contribution in [0.3, 0.4) is 0 Å². The SMILES string of the molecule is C=CC(C)(O)CN(CC(=O)N1CCc2sccc2C1COc1ccc(F)cc1)CC(C)C. The summed E-state index contributed by atoms with van der Waals surface area (Å²) in [6.45, 7) is 11.8. The Bertz CT molecular complexity index is 910. The van der Waals surface area contributed by atoms with Crippen LogP contribution in [-0.2, 0) is 11.2 Å². The van der Waals surface area contributed by atoms with Crippen LogP contribution in [0, 0.1) is 11.7 Å². The molecule has 1 aliphatic heterocycles. The van der Waals surface area contributed by atoms with Gasteiger partial charge in [0.1, 0.15) is 18.2 Å². The fraction of sp³-hybridized carbons (Fsp3) is 0.480. The zero-order valence-electron chi connectivity index (χ0n) is 19.1. The Morgan fingerprint density at radius 1 is 1.41 bits per heavy atom. The second kappa shape index (κ2) is 10.6. The van der Waals surface area contributed by atoms with E-state index in [0.29, 0.717) is 37.9 Å². The van der Waals surface area contributed by atoms with Crippen LogP contribution in [0.5, 0.6) is 5.75 Å². The van der Waals surface area contributed by atoms with Crippen molar-refractivity contribution in [2.24, 2.45) is 5.92 Å². The number of thiophene rings is 1. The highest BCUT2D eigenvalue weighted by atomic mass is 32.1. The number of hydrogen-bond donors (Lipinski definition) is 1. The number of amides is 1. The number of aliphatic hydroxyl groups is 1. The fourth-order valence-electron chi connectivity index (χ4n) is 4.08. The van der Waals surface area contributed by atoms with Crippen LogP contribution < -0.4 is 4.74 Å². The van der Waals surface area contributed by atoms with Gasteiger partial charge in [0.2, 0.25) is 5.91 Å². The van der Waals surface area contributed by atoms with Crippen LogP contribution in [0.2, 0.25) is 0 Å². The summed E-state index contributed by atoms with van der Waals surface area (Å²) in [5.74, 6) is 0.623. The lowest BCUT2D eigenvalue weighted by atomic mass is 10.00. The van der Waals surface area contributed by atoms with Crippen molar-refractivity contribution in [3.8, 4) is 5.75 Å². The molecule has 2 atom stereocenters. The molecule has 2 unspecified atom stereocenters. The van der Waals surface area contributed by atoms with Gasteiger partial charge in [-0.1, -0.05) is 19.9 Å². The maximum absolute atomic E-state index is 13.4. The molecule has 0 fully saturated rings. The lowest BCUT2D eigenvalue weighted by molar-refractivity contribution is -0.136. The number of carbonyl (C=O) groups excluding carboxylic acids is 1. The van der Waals surface area contributed by atoms with Crippen LogP contribution in [0.25, 0.3) is 0 Å². The Hall–Kier alpha value is -2.22. The summed E-state index contributed by atoms with van der Waals surface area (Å²) in [6.07, 6.45) is 2.34. The van der Waals surface area contributed by atoms with E-state index in [1.807, 2.05) is 9.80 Å². The number of carbonyl (C=O) groups is 1. The van der Waals surface area contributed by atoms with Crippen molar-refractivity contribution >= 4 is 17.2 Å². The van der Waals surface area contributed by atoms with Gasteiger partial charge in [0.25, 0.3) is 0 Å². The molecule has 1 N–H and O–H groups in total. The van der Waals surface area contributed by atoms with Gasteiger partial charge >= 0.3 is 0 Å². The third-order valence-corrected chi connectivity index (χ3v) is 6.60. The molecule has 1 aliphatic rings. The second-order valence-corrected chi connectivity index (χ2v) is 10.0. The molecule has 0 aliphatic carbocycles. The summed E-state index contributed by atoms with van der Waals surface area (Å²) in [4.78, 5) is 18.6. The molecule has 0 saturated carbocycles. The minimum atomic E-state index is -1.07. The number of nitrogens with zero attached hydrogens (tertiary/aromatic N) is 2. The molecular formula is C25H33FN2O3S. The first-order valence-corrected chi connectivity index (χ1v) is 11.9. The third-order valence-electron chi connectivity index (χ3n) is 5.60. The maximum Gasteiger partial charge on any atom is 0.237 e. The van der Waals surface area contributed by atoms with E-state index in [0.717, 1.165) is 12.0 Å². The van der Waals surface area contributed by atoms with E-state index in [2.05, 4.69) is 31.9 Å². The lowest BCUT2D eigenvalue weighted by Crippen LogP contribution is -2.49. The van der Waals surface area contributed by atoms with E-state index < -0.39 is 5.60 Å². The first-order valence-electron chi connectivity index (χ1n) is 11.0. The van der Waals surface area contributed by atoms with Gasteiger partial charge in [-0.05, 0) is 60.5 Å². The first-order chi connectivity index (χ1) is 15.2. The van der Waals surface area contributed by atoms with Gasteiger partial charge in [-0.3, -0.25) is 9.69 Å². The first kappa shape index (κ1) is 24.4. The van der Waals surface area contributed by atoms with E-state index in [1.165, 1.54) is 23.1 Å². The summed E-state index contributed by atoms with van der Waals surface area (Å²) in [5, 5.41) is 12.5. The zero-order chi connectivity index (χ0) is 23.3. The highest BCUT2D eigenvalue weighted by Crippen LogP contribution is 2.34. The van der Waals surface area contributed by atoms with Crippen LogP contribution in [0.15, 0.2) is 48.4 Å². The van der Waals surface area contributed by atoms with Crippen molar-refractivity contribution < 1.29 is 19.0 Å². The molecular weight excluding hydrogens is 427 g/mol. The summed E-state index contributed by atoms with van der Waals surface area (Å²) >= 11 is 1.70. The van der Waals surface area contributed by atoms with Gasteiger partial charge in [-0.2, -0.15) is 0 Å². The molecule has 5 nitrogen and oxygen atoms in total. The smallest absolute Gasteiger partial charge is 0.237 e. The normalized spacial score (nSPS) is 17.8. The standard InChI is InChI=1S/C25H33FN2O3S/c1-5-25(4,30)17-27(14-18(2)3)15-24(29)28-12-10-23-21(11-13-32-23)22(28)16-31-20-8-6-19(26)7-9-20/h5-9,11,13,18,22,30H,1,10,12,14-17H2,2-4H3. The molecule has 174 valence electrons. The van der Waals surface area contributed by atoms with Crippen LogP contribution >= 0.6 is 11.3 Å². The number of halogens is 1. The van der Waals surface area contributed by atoms with Crippen molar-refractivity contribution in [3.63, 3.8) is 0 Å². The number of ether oxygens (including phenoxy) is 1. The van der Waals surface area contributed by atoms with Gasteiger partial charge < -0.3 is 14.7 Å². The molecule has 32 heavy (non-hydrogen) atoms. The molecule has 0 saturated heterocycles. The van der Waals surface area contributed by atoms with E-state index in [-0.39, 0.29) is 24.3 Å². The van der Waals surface area contributed by atoms with E-state index in [1.54, 1.807) is 30.4 Å². The average molecular weight is 461 g/mol. The molecule has 1 amide bonds. The molecule has 0 spiro atoms. The molecule has 0 bridgehead atoms. The lowest BCUT2D eigenvalue weighted by Gasteiger charge is -2.38. The molecule has 2 aromatic rings. The number of fused-ring (bicyclic) bond motifs is 1. The van der Waals surface area contributed by atoms with Crippen molar-refractivity contribution in [2.45, 2.75) is 38.8 Å². The highest BCUT2D eigenvalue weighted by Gasteiger charge is 2.33. The molecule has 1 aromatic heterocycles. The van der Waals surface area contributed by atoms with Crippen molar-refractivity contribution in [2.75, 3.05) is 32.8 Å². The summed E-state index contributed by atoms with van der Waals surface area (Å²) in [5.41, 5.74) is 0.0492. The average Bonchev–Trinajstić information content (AvgIpc) is 3.21. The number of hydrogen-bond acceptors (Lipinski definition) is 5. The van der Waals surface area contributed by atoms with Crippen LogP contribution in [0.1, 0.15) is 37.3 Å². The van der Waals surface area contributed by atoms with E-state index >= 15 is 0 Å². The Morgan fingerprint density at radius 2 is 2.12 bits per heavy atom. The second-order valence-electron chi connectivity index (χ2n) is 9.04. The third kappa shape index (κ3) is 6.40. The van der Waals surface area contributed by atoms with Gasteiger partial charge in [0.05, 0.1) is 18.2 Å². The number of benzene rings is 1. The Labute approximate surface area is 194 Å². The van der Waals surface area contributed by atoms with Crippen LogP contribution in [-0.4, -0.2) is 59.2 Å². The van der Waals surface area contributed by atoms with Crippen molar-refractivity contribution in [3.05, 3.63) is 64.6 Å². The predicted molar refractivity (Wildman–Crippen MR) is 126 cm³/mol. The molecule has 2 heterocycles. The van der Waals surface area contributed by atoms with Crippen LogP contribution in [0.4, 0.5) is 4.39 Å². The van der Waals surface area contributed by atoms with Crippen molar-refractivity contribution in [1.29, 1.82) is 0 Å². The van der Waals surface area contributed by atoms with Gasteiger partial charge in [-0.25, -0.2) is 4.39 Å². The molecule has 1 aromatic carbocycles. The predicted octanol–water partition coefficient (Wildman–Crippen LogP) is 4.29. The van der Waals surface area contributed by atoms with E-state index in [4.69, 9.17) is 4.74 Å². The Kier molecular flexibility index (Phi) is 8.09. The zero-order valence-corrected chi connectivity index (χ0v) is 19.9. The largest absolute Gasteiger partial charge is 0.491 e. The summed E-state index contributed by atoms with van der Waals surface area (Å²) < 4.78 is 19.2. The molecule has 3 rings (SSSR count). The highest BCUT2D eigenvalue weighted by molar-refractivity contribution is 7.10. The quantitative estimate of drug-likeness (QED) is 0.538. The van der Waals surface area contributed by atoms with Gasteiger partial charge in [-0.15, -0.1) is 17.9 Å². The van der Waals surface area contributed by atoms with Gasteiger partial charge in [0.15, 0.2) is 0 Å². The summed E-state index contributed by atoms with van der Waals surface area (Å²) in [6, 6.07) is 7.78. The monoisotopic (exact) mass is 460 g/mol. The molecule has 7 heteroatoms. The fourth-order valence-corrected chi connectivity index (χ4v) is 5.01. The minimum absolute atomic E-state index is 0.00932. The maximum atomic E-state index is 13.4. The van der Waals surface area contributed by atoms with E-state index in [9.17, 15) is 14.3 Å². The minimum Gasteiger partial charge on any atom is -0.491 e. The number of rotatable bonds is 10. The van der Waals surface area contributed by atoms with Crippen molar-refractivity contribution in [1.82, 2.24) is 9.80 Å². The molecule has 0 radical (unpaired) electrons. The topological polar surface area (TPSA) is 53.0 Å². The summed E-state index contributed by atoms with van der Waals surface area (Å²) in [7, 11) is 0.